The van der Waals surface area contributed by atoms with Gasteiger partial charge >= 0.3 is 0 Å². The first kappa shape index (κ1) is 17.9. The van der Waals surface area contributed by atoms with Gasteiger partial charge in [-0.1, -0.05) is 23.5 Å². The molecule has 0 aliphatic carbocycles. The number of nitrogens with zero attached hydrogens (tertiary/aromatic N) is 4. The highest BCUT2D eigenvalue weighted by molar-refractivity contribution is 7.15. The zero-order chi connectivity index (χ0) is 18.2. The van der Waals surface area contributed by atoms with Crippen molar-refractivity contribution in [3.05, 3.63) is 59.0 Å². The number of carbonyl (C=O) groups is 1. The molecule has 134 valence electrons. The molecule has 7 nitrogen and oxygen atoms in total. The summed E-state index contributed by atoms with van der Waals surface area (Å²) < 4.78 is 0. The van der Waals surface area contributed by atoms with E-state index >= 15 is 0 Å². The molecular weight excluding hydrogens is 348 g/mol. The number of unbranched alkanes of at least 4 members (excludes halogenated alkanes) is 1. The first-order valence-electron chi connectivity index (χ1n) is 8.41. The van der Waals surface area contributed by atoms with E-state index in [9.17, 15) is 4.79 Å². The highest BCUT2D eigenvalue weighted by Gasteiger charge is 2.06. The van der Waals surface area contributed by atoms with Crippen molar-refractivity contribution in [2.24, 2.45) is 0 Å². The van der Waals surface area contributed by atoms with Crippen molar-refractivity contribution in [2.75, 3.05) is 11.1 Å². The Labute approximate surface area is 155 Å². The Morgan fingerprint density at radius 1 is 1.08 bits per heavy atom. The number of nitrogen functional groups attached to an aromatic ring is 1. The van der Waals surface area contributed by atoms with Crippen LogP contribution in [0, 0.1) is 0 Å². The summed E-state index contributed by atoms with van der Waals surface area (Å²) in [6.07, 6.45) is 7.60. The van der Waals surface area contributed by atoms with Crippen LogP contribution in [0.2, 0.25) is 0 Å². The molecular formula is C18H20N6OS. The average molecular weight is 368 g/mol. The highest BCUT2D eigenvalue weighted by Crippen LogP contribution is 2.15. The first-order chi connectivity index (χ1) is 12.7. The summed E-state index contributed by atoms with van der Waals surface area (Å²) in [7, 11) is 0. The monoisotopic (exact) mass is 368 g/mol. The summed E-state index contributed by atoms with van der Waals surface area (Å²) in [5.41, 5.74) is 7.45. The van der Waals surface area contributed by atoms with E-state index in [1.807, 2.05) is 30.3 Å². The van der Waals surface area contributed by atoms with Gasteiger partial charge < -0.3 is 11.1 Å². The van der Waals surface area contributed by atoms with Crippen molar-refractivity contribution in [1.29, 1.82) is 0 Å². The molecule has 3 heterocycles. The number of hydrogen-bond donors (Lipinski definition) is 2. The average Bonchev–Trinajstić information content (AvgIpc) is 3.06. The molecule has 0 radical (unpaired) electrons. The van der Waals surface area contributed by atoms with Gasteiger partial charge in [0.05, 0.1) is 6.42 Å². The minimum atomic E-state index is -0.125. The maximum Gasteiger partial charge on any atom is 0.231 e. The van der Waals surface area contributed by atoms with Crippen LogP contribution in [0.25, 0.3) is 0 Å². The second kappa shape index (κ2) is 9.00. The maximum atomic E-state index is 12.0. The standard InChI is InChI=1S/C18H20N6OS/c19-18-24-23-17(26-18)7-2-1-5-13-8-9-15(21-12-13)22-16(25)11-14-6-3-4-10-20-14/h3-4,6,8-10,12H,1-2,5,7,11H2,(H2,19,24)(H,21,22,25). The lowest BCUT2D eigenvalue weighted by atomic mass is 10.1. The lowest BCUT2D eigenvalue weighted by Gasteiger charge is -2.05. The molecule has 26 heavy (non-hydrogen) atoms. The number of pyridine rings is 2. The Morgan fingerprint density at radius 2 is 1.96 bits per heavy atom. The van der Waals surface area contributed by atoms with Crippen LogP contribution in [0.5, 0.6) is 0 Å². The van der Waals surface area contributed by atoms with Gasteiger partial charge in [0.2, 0.25) is 11.0 Å². The number of rotatable bonds is 8. The van der Waals surface area contributed by atoms with E-state index in [4.69, 9.17) is 5.73 Å². The second-order valence-electron chi connectivity index (χ2n) is 5.84. The molecule has 0 saturated carbocycles. The normalized spacial score (nSPS) is 10.6. The predicted octanol–water partition coefficient (Wildman–Crippen LogP) is 2.66. The zero-order valence-electron chi connectivity index (χ0n) is 14.3. The van der Waals surface area contributed by atoms with E-state index in [-0.39, 0.29) is 12.3 Å². The summed E-state index contributed by atoms with van der Waals surface area (Å²) in [5.74, 6) is 0.430. The van der Waals surface area contributed by atoms with E-state index in [1.54, 1.807) is 12.4 Å². The number of anilines is 2. The van der Waals surface area contributed by atoms with Crippen LogP contribution in [0.3, 0.4) is 0 Å². The fourth-order valence-electron chi connectivity index (χ4n) is 2.47. The third kappa shape index (κ3) is 5.59. The van der Waals surface area contributed by atoms with Crippen LogP contribution in [-0.4, -0.2) is 26.1 Å². The van der Waals surface area contributed by atoms with Crippen LogP contribution in [0.15, 0.2) is 42.7 Å². The molecule has 3 rings (SSSR count). The van der Waals surface area contributed by atoms with Gasteiger partial charge in [-0.3, -0.25) is 9.78 Å². The van der Waals surface area contributed by atoms with Crippen molar-refractivity contribution in [3.8, 4) is 0 Å². The molecule has 0 unspecified atom stereocenters. The second-order valence-corrected chi connectivity index (χ2v) is 6.93. The Hall–Kier alpha value is -2.87. The molecule has 3 aromatic heterocycles. The van der Waals surface area contributed by atoms with Gasteiger partial charge in [0.1, 0.15) is 10.8 Å². The molecule has 8 heteroatoms. The molecule has 1 amide bonds. The number of nitrogens with two attached hydrogens (primary N) is 1. The van der Waals surface area contributed by atoms with Crippen LogP contribution >= 0.6 is 11.3 Å². The van der Waals surface area contributed by atoms with Crippen molar-refractivity contribution < 1.29 is 4.79 Å². The summed E-state index contributed by atoms with van der Waals surface area (Å²) in [6, 6.07) is 9.34. The first-order valence-corrected chi connectivity index (χ1v) is 9.23. The summed E-state index contributed by atoms with van der Waals surface area (Å²) >= 11 is 1.44. The summed E-state index contributed by atoms with van der Waals surface area (Å²) in [6.45, 7) is 0. The molecule has 3 aromatic rings. The SMILES string of the molecule is Nc1nnc(CCCCc2ccc(NC(=O)Cc3ccccn3)nc2)s1. The number of amides is 1. The number of aromatic nitrogens is 4. The van der Waals surface area contributed by atoms with Crippen molar-refractivity contribution in [1.82, 2.24) is 20.2 Å². The molecule has 0 atom stereocenters. The minimum Gasteiger partial charge on any atom is -0.374 e. The summed E-state index contributed by atoms with van der Waals surface area (Å²) in [5, 5.41) is 12.1. The Bertz CT molecular complexity index is 834. The predicted molar refractivity (Wildman–Crippen MR) is 102 cm³/mol. The van der Waals surface area contributed by atoms with E-state index in [1.165, 1.54) is 11.3 Å². The van der Waals surface area contributed by atoms with Gasteiger partial charge in [-0.05, 0) is 43.0 Å². The largest absolute Gasteiger partial charge is 0.374 e. The number of hydrogen-bond acceptors (Lipinski definition) is 7. The third-order valence-electron chi connectivity index (χ3n) is 3.75. The van der Waals surface area contributed by atoms with E-state index in [0.717, 1.165) is 41.9 Å². The van der Waals surface area contributed by atoms with Crippen molar-refractivity contribution >= 4 is 28.2 Å². The van der Waals surface area contributed by atoms with Gasteiger partial charge in [-0.2, -0.15) is 0 Å². The third-order valence-corrected chi connectivity index (χ3v) is 4.56. The van der Waals surface area contributed by atoms with Gasteiger partial charge in [-0.25, -0.2) is 4.98 Å². The smallest absolute Gasteiger partial charge is 0.231 e. The van der Waals surface area contributed by atoms with Crippen LogP contribution in [0.4, 0.5) is 10.9 Å². The zero-order valence-corrected chi connectivity index (χ0v) is 15.1. The summed E-state index contributed by atoms with van der Waals surface area (Å²) in [4.78, 5) is 20.5. The minimum absolute atomic E-state index is 0.125. The molecule has 0 aliphatic rings. The molecule has 3 N–H and O–H groups in total. The Morgan fingerprint density at radius 3 is 2.65 bits per heavy atom. The number of carbonyl (C=O) groups excluding carboxylic acids is 1. The molecule has 0 aliphatic heterocycles. The molecule has 0 fully saturated rings. The van der Waals surface area contributed by atoms with E-state index in [2.05, 4.69) is 25.5 Å². The van der Waals surface area contributed by atoms with Crippen LogP contribution < -0.4 is 11.1 Å². The number of nitrogens with one attached hydrogen (secondary N) is 1. The van der Waals surface area contributed by atoms with Crippen molar-refractivity contribution in [2.45, 2.75) is 32.1 Å². The van der Waals surface area contributed by atoms with Gasteiger partial charge in [0, 0.05) is 24.5 Å². The molecule has 0 bridgehead atoms. The fourth-order valence-corrected chi connectivity index (χ4v) is 3.12. The topological polar surface area (TPSA) is 107 Å². The van der Waals surface area contributed by atoms with Crippen LogP contribution in [0.1, 0.15) is 29.1 Å². The lowest BCUT2D eigenvalue weighted by Crippen LogP contribution is -2.15. The lowest BCUT2D eigenvalue weighted by molar-refractivity contribution is -0.115. The maximum absolute atomic E-state index is 12.0. The number of aryl methyl sites for hydroxylation is 2. The molecule has 0 saturated heterocycles. The molecule has 0 aromatic carbocycles. The van der Waals surface area contributed by atoms with E-state index in [0.29, 0.717) is 10.9 Å². The van der Waals surface area contributed by atoms with Gasteiger partial charge in [0.25, 0.3) is 0 Å². The van der Waals surface area contributed by atoms with E-state index < -0.39 is 0 Å². The van der Waals surface area contributed by atoms with Crippen LogP contribution in [-0.2, 0) is 24.1 Å². The quantitative estimate of drug-likeness (QED) is 0.592. The fraction of sp³-hybridized carbons (Fsp3) is 0.278. The highest BCUT2D eigenvalue weighted by atomic mass is 32.1. The Kier molecular flexibility index (Phi) is 6.21. The van der Waals surface area contributed by atoms with Gasteiger partial charge in [0.15, 0.2) is 0 Å². The Balaban J connectivity index is 1.40. The molecule has 0 spiro atoms. The van der Waals surface area contributed by atoms with Crippen molar-refractivity contribution in [3.63, 3.8) is 0 Å². The van der Waals surface area contributed by atoms with Gasteiger partial charge in [-0.15, -0.1) is 10.2 Å².